The van der Waals surface area contributed by atoms with Gasteiger partial charge < -0.3 is 15.8 Å². The molecule has 6 nitrogen and oxygen atoms in total. The van der Waals surface area contributed by atoms with Gasteiger partial charge in [0, 0.05) is 24.2 Å². The van der Waals surface area contributed by atoms with Crippen LogP contribution in [0.3, 0.4) is 0 Å². The molecule has 2 heterocycles. The molecule has 0 atom stereocenters. The SMILES string of the molecule is NCc1nc(C(=O)NCCOc2ccc(Cl)cn2)cs1. The van der Waals surface area contributed by atoms with Gasteiger partial charge in [-0.05, 0) is 6.07 Å². The Morgan fingerprint density at radius 1 is 1.50 bits per heavy atom. The summed E-state index contributed by atoms with van der Waals surface area (Å²) in [6, 6.07) is 3.35. The Morgan fingerprint density at radius 2 is 2.35 bits per heavy atom. The van der Waals surface area contributed by atoms with Crippen LogP contribution < -0.4 is 15.8 Å². The van der Waals surface area contributed by atoms with E-state index < -0.39 is 0 Å². The zero-order valence-corrected chi connectivity index (χ0v) is 12.1. The van der Waals surface area contributed by atoms with E-state index in [9.17, 15) is 4.79 Å². The van der Waals surface area contributed by atoms with Gasteiger partial charge in [-0.2, -0.15) is 0 Å². The number of pyridine rings is 1. The summed E-state index contributed by atoms with van der Waals surface area (Å²) in [7, 11) is 0. The Hall–Kier alpha value is -1.70. The molecule has 0 saturated heterocycles. The van der Waals surface area contributed by atoms with Gasteiger partial charge in [-0.25, -0.2) is 9.97 Å². The second kappa shape index (κ2) is 7.18. The number of nitrogens with two attached hydrogens (primary N) is 1. The predicted molar refractivity (Wildman–Crippen MR) is 77.1 cm³/mol. The molecule has 2 aromatic rings. The monoisotopic (exact) mass is 312 g/mol. The summed E-state index contributed by atoms with van der Waals surface area (Å²) in [6.07, 6.45) is 1.50. The molecule has 0 saturated carbocycles. The van der Waals surface area contributed by atoms with E-state index in [0.29, 0.717) is 36.3 Å². The molecule has 2 rings (SSSR count). The van der Waals surface area contributed by atoms with Crippen molar-refractivity contribution in [2.24, 2.45) is 5.73 Å². The number of rotatable bonds is 6. The smallest absolute Gasteiger partial charge is 0.270 e. The summed E-state index contributed by atoms with van der Waals surface area (Å²) < 4.78 is 5.35. The van der Waals surface area contributed by atoms with Gasteiger partial charge in [0.25, 0.3) is 5.91 Å². The second-order valence-electron chi connectivity index (χ2n) is 3.75. The van der Waals surface area contributed by atoms with Crippen LogP contribution in [0.1, 0.15) is 15.5 Å². The van der Waals surface area contributed by atoms with E-state index in [0.717, 1.165) is 5.01 Å². The number of amides is 1. The summed E-state index contributed by atoms with van der Waals surface area (Å²) in [5.74, 6) is 0.219. The number of carbonyl (C=O) groups is 1. The molecule has 106 valence electrons. The number of hydrogen-bond acceptors (Lipinski definition) is 6. The van der Waals surface area contributed by atoms with Crippen LogP contribution in [0.4, 0.5) is 0 Å². The highest BCUT2D eigenvalue weighted by molar-refractivity contribution is 7.09. The molecule has 0 aliphatic carbocycles. The first-order valence-corrected chi connectivity index (χ1v) is 7.12. The Labute approximate surface area is 124 Å². The maximum absolute atomic E-state index is 11.7. The fraction of sp³-hybridized carbons (Fsp3) is 0.250. The van der Waals surface area contributed by atoms with Crippen LogP contribution >= 0.6 is 22.9 Å². The lowest BCUT2D eigenvalue weighted by Crippen LogP contribution is -2.28. The third kappa shape index (κ3) is 4.16. The number of nitrogens with zero attached hydrogens (tertiary/aromatic N) is 2. The van der Waals surface area contributed by atoms with Crippen LogP contribution in [0, 0.1) is 0 Å². The molecule has 0 unspecified atom stereocenters. The lowest BCUT2D eigenvalue weighted by molar-refractivity contribution is 0.0942. The van der Waals surface area contributed by atoms with Crippen molar-refractivity contribution in [3.63, 3.8) is 0 Å². The molecule has 20 heavy (non-hydrogen) atoms. The molecule has 0 bridgehead atoms. The van der Waals surface area contributed by atoms with E-state index in [2.05, 4.69) is 15.3 Å². The van der Waals surface area contributed by atoms with E-state index in [1.807, 2.05) is 0 Å². The summed E-state index contributed by atoms with van der Waals surface area (Å²) in [5.41, 5.74) is 5.81. The van der Waals surface area contributed by atoms with Gasteiger partial charge in [-0.3, -0.25) is 4.79 Å². The molecule has 8 heteroatoms. The minimum absolute atomic E-state index is 0.242. The lowest BCUT2D eigenvalue weighted by atomic mass is 10.4. The van der Waals surface area contributed by atoms with Crippen LogP contribution in [0.2, 0.25) is 5.02 Å². The number of hydrogen-bond donors (Lipinski definition) is 2. The molecule has 1 amide bonds. The standard InChI is InChI=1S/C12H13ClN4O2S/c13-8-1-2-10(16-6-8)19-4-3-15-12(18)9-7-20-11(5-14)17-9/h1-2,6-7H,3-5,14H2,(H,15,18). The van der Waals surface area contributed by atoms with Crippen molar-refractivity contribution in [2.75, 3.05) is 13.2 Å². The highest BCUT2D eigenvalue weighted by atomic mass is 35.5. The largest absolute Gasteiger partial charge is 0.476 e. The number of aromatic nitrogens is 2. The van der Waals surface area contributed by atoms with E-state index >= 15 is 0 Å². The van der Waals surface area contributed by atoms with Gasteiger partial charge in [0.05, 0.1) is 11.6 Å². The number of carbonyl (C=O) groups excluding carboxylic acids is 1. The average Bonchev–Trinajstić information content (AvgIpc) is 2.94. The summed E-state index contributed by atoms with van der Waals surface area (Å²) in [5, 5.41) is 5.66. The minimum Gasteiger partial charge on any atom is -0.476 e. The second-order valence-corrected chi connectivity index (χ2v) is 5.13. The number of halogens is 1. The minimum atomic E-state index is -0.242. The predicted octanol–water partition coefficient (Wildman–Crippen LogP) is 1.46. The Balaban J connectivity index is 1.72. The number of nitrogens with one attached hydrogen (secondary N) is 1. The third-order valence-electron chi connectivity index (χ3n) is 2.30. The number of thiazole rings is 1. The quantitative estimate of drug-likeness (QED) is 0.788. The maximum atomic E-state index is 11.7. The van der Waals surface area contributed by atoms with Crippen LogP contribution in [0.25, 0.3) is 0 Å². The van der Waals surface area contributed by atoms with Gasteiger partial charge in [0.1, 0.15) is 17.3 Å². The van der Waals surface area contributed by atoms with E-state index in [-0.39, 0.29) is 5.91 Å². The van der Waals surface area contributed by atoms with Crippen molar-refractivity contribution in [1.29, 1.82) is 0 Å². The van der Waals surface area contributed by atoms with Crippen molar-refractivity contribution in [1.82, 2.24) is 15.3 Å². The first-order chi connectivity index (χ1) is 9.69. The fourth-order valence-corrected chi connectivity index (χ4v) is 2.13. The Kier molecular flexibility index (Phi) is 5.28. The van der Waals surface area contributed by atoms with Crippen LogP contribution in [0.15, 0.2) is 23.7 Å². The van der Waals surface area contributed by atoms with Crippen LogP contribution in [0.5, 0.6) is 5.88 Å². The van der Waals surface area contributed by atoms with Gasteiger partial charge in [-0.15, -0.1) is 11.3 Å². The molecule has 0 aliphatic rings. The lowest BCUT2D eigenvalue weighted by Gasteiger charge is -2.05. The maximum Gasteiger partial charge on any atom is 0.270 e. The highest BCUT2D eigenvalue weighted by Crippen LogP contribution is 2.11. The molecule has 0 aliphatic heterocycles. The molecule has 0 spiro atoms. The molecule has 0 radical (unpaired) electrons. The fourth-order valence-electron chi connectivity index (χ4n) is 1.37. The zero-order chi connectivity index (χ0) is 14.4. The molecule has 2 aromatic heterocycles. The third-order valence-corrected chi connectivity index (χ3v) is 3.39. The Morgan fingerprint density at radius 3 is 3.00 bits per heavy atom. The molecule has 0 aromatic carbocycles. The van der Waals surface area contributed by atoms with Crippen LogP contribution in [-0.2, 0) is 6.54 Å². The Bertz CT molecular complexity index is 573. The van der Waals surface area contributed by atoms with Gasteiger partial charge in [0.15, 0.2) is 0 Å². The number of ether oxygens (including phenoxy) is 1. The zero-order valence-electron chi connectivity index (χ0n) is 10.5. The summed E-state index contributed by atoms with van der Waals surface area (Å²) >= 11 is 7.07. The summed E-state index contributed by atoms with van der Waals surface area (Å²) in [6.45, 7) is 1.01. The van der Waals surface area contributed by atoms with Gasteiger partial charge >= 0.3 is 0 Å². The molecular weight excluding hydrogens is 300 g/mol. The van der Waals surface area contributed by atoms with Crippen LogP contribution in [-0.4, -0.2) is 29.0 Å². The molecule has 0 fully saturated rings. The average molecular weight is 313 g/mol. The first-order valence-electron chi connectivity index (χ1n) is 5.86. The van der Waals surface area contributed by atoms with Crippen molar-refractivity contribution in [2.45, 2.75) is 6.54 Å². The topological polar surface area (TPSA) is 90.1 Å². The van der Waals surface area contributed by atoms with E-state index in [4.69, 9.17) is 22.1 Å². The van der Waals surface area contributed by atoms with Gasteiger partial charge in [0.2, 0.25) is 5.88 Å². The van der Waals surface area contributed by atoms with E-state index in [1.54, 1.807) is 17.5 Å². The van der Waals surface area contributed by atoms with Gasteiger partial charge in [-0.1, -0.05) is 11.6 Å². The van der Waals surface area contributed by atoms with Crippen molar-refractivity contribution >= 4 is 28.8 Å². The van der Waals surface area contributed by atoms with E-state index in [1.165, 1.54) is 17.5 Å². The first kappa shape index (κ1) is 14.7. The summed E-state index contributed by atoms with van der Waals surface area (Å²) in [4.78, 5) is 19.8. The van der Waals surface area contributed by atoms with Crippen molar-refractivity contribution < 1.29 is 9.53 Å². The van der Waals surface area contributed by atoms with Crippen molar-refractivity contribution in [3.8, 4) is 5.88 Å². The van der Waals surface area contributed by atoms with Crippen molar-refractivity contribution in [3.05, 3.63) is 39.4 Å². The molecule has 3 N–H and O–H groups in total. The molecular formula is C12H13ClN4O2S. The highest BCUT2D eigenvalue weighted by Gasteiger charge is 2.09. The normalized spacial score (nSPS) is 10.3.